The van der Waals surface area contributed by atoms with Crippen LogP contribution in [0.1, 0.15) is 28.6 Å². The third-order valence-corrected chi connectivity index (χ3v) is 5.72. The van der Waals surface area contributed by atoms with Crippen LogP contribution in [0.25, 0.3) is 10.9 Å². The fourth-order valence-electron chi connectivity index (χ4n) is 4.38. The molecule has 5 rings (SSSR count). The number of aromatic amines is 1. The molecule has 29 heavy (non-hydrogen) atoms. The Morgan fingerprint density at radius 3 is 2.83 bits per heavy atom. The highest BCUT2D eigenvalue weighted by molar-refractivity contribution is 5.85. The van der Waals surface area contributed by atoms with Crippen molar-refractivity contribution < 1.29 is 9.13 Å². The number of pyridine rings is 1. The molecule has 4 aromatic rings. The second-order valence-electron chi connectivity index (χ2n) is 7.40. The maximum Gasteiger partial charge on any atom is 0.165 e. The summed E-state index contributed by atoms with van der Waals surface area (Å²) < 4.78 is 19.3. The van der Waals surface area contributed by atoms with Gasteiger partial charge in [-0.2, -0.15) is 0 Å². The standard InChI is InChI=1S/C24H22FN3O/c1-29-22-14-16(9-10-20(22)25)24-23-19(18-7-2-3-8-21(18)27-23)11-13-28(24)15-17-6-4-5-12-26-17/h2-10,12,14,24,27H,11,13,15H2,1H3. The Bertz CT molecular complexity index is 1160. The number of aromatic nitrogens is 2. The van der Waals surface area contributed by atoms with E-state index in [1.807, 2.05) is 42.6 Å². The van der Waals surface area contributed by atoms with Crippen molar-refractivity contribution in [2.45, 2.75) is 19.0 Å². The van der Waals surface area contributed by atoms with Crippen molar-refractivity contribution in [1.82, 2.24) is 14.9 Å². The molecular weight excluding hydrogens is 365 g/mol. The number of halogens is 1. The number of hydrogen-bond donors (Lipinski definition) is 1. The first-order valence-corrected chi connectivity index (χ1v) is 9.81. The highest BCUT2D eigenvalue weighted by atomic mass is 19.1. The van der Waals surface area contributed by atoms with Gasteiger partial charge < -0.3 is 9.72 Å². The van der Waals surface area contributed by atoms with Gasteiger partial charge in [0.25, 0.3) is 0 Å². The van der Waals surface area contributed by atoms with Crippen LogP contribution in [0.2, 0.25) is 0 Å². The topological polar surface area (TPSA) is 41.1 Å². The Kier molecular flexibility index (Phi) is 4.52. The van der Waals surface area contributed by atoms with Crippen molar-refractivity contribution >= 4 is 10.9 Å². The van der Waals surface area contributed by atoms with Crippen LogP contribution in [0.5, 0.6) is 5.75 Å². The third kappa shape index (κ3) is 3.17. The molecular formula is C24H22FN3O. The van der Waals surface area contributed by atoms with E-state index in [4.69, 9.17) is 4.74 Å². The Balaban J connectivity index is 1.64. The van der Waals surface area contributed by atoms with Crippen LogP contribution in [-0.4, -0.2) is 28.5 Å². The Labute approximate surface area is 169 Å². The molecule has 1 unspecified atom stereocenters. The molecule has 1 aliphatic rings. The van der Waals surface area contributed by atoms with E-state index in [-0.39, 0.29) is 17.6 Å². The van der Waals surface area contributed by atoms with E-state index in [1.54, 1.807) is 0 Å². The van der Waals surface area contributed by atoms with Gasteiger partial charge in [0.1, 0.15) is 0 Å². The molecule has 1 atom stereocenters. The minimum absolute atomic E-state index is 0.0253. The van der Waals surface area contributed by atoms with E-state index >= 15 is 0 Å². The second kappa shape index (κ2) is 7.33. The van der Waals surface area contributed by atoms with E-state index in [9.17, 15) is 4.39 Å². The van der Waals surface area contributed by atoms with E-state index in [1.165, 1.54) is 29.8 Å². The van der Waals surface area contributed by atoms with Gasteiger partial charge in [-0.1, -0.05) is 30.3 Å². The second-order valence-corrected chi connectivity index (χ2v) is 7.40. The molecule has 0 radical (unpaired) electrons. The number of ether oxygens (including phenoxy) is 1. The first kappa shape index (κ1) is 17.9. The normalized spacial score (nSPS) is 16.7. The van der Waals surface area contributed by atoms with Gasteiger partial charge in [-0.25, -0.2) is 4.39 Å². The molecule has 0 spiro atoms. The number of fused-ring (bicyclic) bond motifs is 3. The molecule has 3 heterocycles. The quantitative estimate of drug-likeness (QED) is 0.544. The molecule has 1 aliphatic heterocycles. The van der Waals surface area contributed by atoms with Crippen molar-refractivity contribution in [2.75, 3.05) is 13.7 Å². The summed E-state index contributed by atoms with van der Waals surface area (Å²) in [6, 6.07) is 19.5. The van der Waals surface area contributed by atoms with E-state index in [2.05, 4.69) is 33.1 Å². The smallest absolute Gasteiger partial charge is 0.165 e. The van der Waals surface area contributed by atoms with Gasteiger partial charge in [0.05, 0.1) is 18.8 Å². The van der Waals surface area contributed by atoms with E-state index < -0.39 is 0 Å². The van der Waals surface area contributed by atoms with Crippen molar-refractivity contribution in [1.29, 1.82) is 0 Å². The zero-order valence-corrected chi connectivity index (χ0v) is 16.2. The van der Waals surface area contributed by atoms with Crippen LogP contribution in [-0.2, 0) is 13.0 Å². The van der Waals surface area contributed by atoms with Crippen molar-refractivity contribution in [3.63, 3.8) is 0 Å². The summed E-state index contributed by atoms with van der Waals surface area (Å²) in [5, 5.41) is 1.26. The summed E-state index contributed by atoms with van der Waals surface area (Å²) in [7, 11) is 1.50. The van der Waals surface area contributed by atoms with Gasteiger partial charge >= 0.3 is 0 Å². The molecule has 0 aliphatic carbocycles. The summed E-state index contributed by atoms with van der Waals surface area (Å²) in [5.41, 5.74) is 5.67. The molecule has 0 amide bonds. The Morgan fingerprint density at radius 2 is 2.00 bits per heavy atom. The minimum atomic E-state index is -0.347. The monoisotopic (exact) mass is 387 g/mol. The Morgan fingerprint density at radius 1 is 1.14 bits per heavy atom. The average Bonchev–Trinajstić information content (AvgIpc) is 3.13. The molecule has 146 valence electrons. The molecule has 2 aromatic carbocycles. The molecule has 0 bridgehead atoms. The molecule has 4 nitrogen and oxygen atoms in total. The van der Waals surface area contributed by atoms with Crippen molar-refractivity contribution in [3.05, 3.63) is 95.2 Å². The van der Waals surface area contributed by atoms with Crippen LogP contribution in [0.3, 0.4) is 0 Å². The lowest BCUT2D eigenvalue weighted by Gasteiger charge is -2.36. The summed E-state index contributed by atoms with van der Waals surface area (Å²) in [4.78, 5) is 10.5. The first-order chi connectivity index (χ1) is 14.2. The first-order valence-electron chi connectivity index (χ1n) is 9.81. The van der Waals surface area contributed by atoms with Crippen LogP contribution >= 0.6 is 0 Å². The van der Waals surface area contributed by atoms with Gasteiger partial charge in [0.2, 0.25) is 0 Å². The number of nitrogens with one attached hydrogen (secondary N) is 1. The zero-order chi connectivity index (χ0) is 19.8. The lowest BCUT2D eigenvalue weighted by molar-refractivity contribution is 0.199. The van der Waals surface area contributed by atoms with Gasteiger partial charge in [-0.15, -0.1) is 0 Å². The van der Waals surface area contributed by atoms with Crippen LogP contribution in [0.15, 0.2) is 66.9 Å². The Hall–Kier alpha value is -3.18. The fourth-order valence-corrected chi connectivity index (χ4v) is 4.38. The lowest BCUT2D eigenvalue weighted by atomic mass is 9.92. The average molecular weight is 387 g/mol. The van der Waals surface area contributed by atoms with Crippen LogP contribution < -0.4 is 4.74 Å². The van der Waals surface area contributed by atoms with Gasteiger partial charge in [-0.05, 0) is 47.9 Å². The lowest BCUT2D eigenvalue weighted by Crippen LogP contribution is -2.35. The number of nitrogens with zero attached hydrogens (tertiary/aromatic N) is 2. The predicted molar refractivity (Wildman–Crippen MR) is 111 cm³/mol. The molecule has 0 saturated carbocycles. The van der Waals surface area contributed by atoms with E-state index in [0.29, 0.717) is 0 Å². The molecule has 5 heteroatoms. The molecule has 2 aromatic heterocycles. The molecule has 0 fully saturated rings. The van der Waals surface area contributed by atoms with Crippen molar-refractivity contribution in [3.8, 4) is 5.75 Å². The van der Waals surface area contributed by atoms with Gasteiger partial charge in [0.15, 0.2) is 11.6 Å². The highest BCUT2D eigenvalue weighted by Crippen LogP contribution is 2.40. The van der Waals surface area contributed by atoms with Gasteiger partial charge in [-0.3, -0.25) is 9.88 Å². The van der Waals surface area contributed by atoms with E-state index in [0.717, 1.165) is 36.3 Å². The van der Waals surface area contributed by atoms with Crippen LogP contribution in [0.4, 0.5) is 4.39 Å². The highest BCUT2D eigenvalue weighted by Gasteiger charge is 2.32. The summed E-state index contributed by atoms with van der Waals surface area (Å²) in [5.74, 6) is -0.0799. The number of benzene rings is 2. The fraction of sp³-hybridized carbons (Fsp3) is 0.208. The SMILES string of the molecule is COc1cc(C2c3[nH]c4ccccc4c3CCN2Cc2ccccn2)ccc1F. The number of methoxy groups -OCH3 is 1. The molecule has 0 saturated heterocycles. The number of rotatable bonds is 4. The summed E-state index contributed by atoms with van der Waals surface area (Å²) in [6.45, 7) is 1.62. The van der Waals surface area contributed by atoms with Gasteiger partial charge in [0, 0.05) is 35.9 Å². The minimum Gasteiger partial charge on any atom is -0.494 e. The largest absolute Gasteiger partial charge is 0.494 e. The number of H-pyrrole nitrogens is 1. The maximum absolute atomic E-state index is 14.1. The number of para-hydroxylation sites is 1. The maximum atomic E-state index is 14.1. The summed E-state index contributed by atoms with van der Waals surface area (Å²) in [6.07, 6.45) is 2.78. The third-order valence-electron chi connectivity index (χ3n) is 5.72. The van der Waals surface area contributed by atoms with Crippen LogP contribution in [0, 0.1) is 5.82 Å². The summed E-state index contributed by atoms with van der Waals surface area (Å²) >= 11 is 0. The predicted octanol–water partition coefficient (Wildman–Crippen LogP) is 4.86. The van der Waals surface area contributed by atoms with Crippen molar-refractivity contribution in [2.24, 2.45) is 0 Å². The molecule has 1 N–H and O–H groups in total. The zero-order valence-electron chi connectivity index (χ0n) is 16.2. The number of hydrogen-bond acceptors (Lipinski definition) is 3.